The first kappa shape index (κ1) is 23.4. The van der Waals surface area contributed by atoms with Gasteiger partial charge in [-0.25, -0.2) is 4.79 Å². The molecule has 1 amide bonds. The lowest BCUT2D eigenvalue weighted by Gasteiger charge is -2.25. The van der Waals surface area contributed by atoms with Gasteiger partial charge in [0.1, 0.15) is 5.76 Å². The largest absolute Gasteiger partial charge is 0.507 e. The van der Waals surface area contributed by atoms with Gasteiger partial charge < -0.3 is 9.84 Å². The third kappa shape index (κ3) is 4.39. The van der Waals surface area contributed by atoms with Crippen molar-refractivity contribution in [3.05, 3.63) is 111 Å². The molecule has 35 heavy (non-hydrogen) atoms. The Morgan fingerprint density at radius 1 is 0.971 bits per heavy atom. The Morgan fingerprint density at radius 3 is 2.17 bits per heavy atom. The van der Waals surface area contributed by atoms with Crippen molar-refractivity contribution in [1.29, 1.82) is 0 Å². The number of esters is 1. The Kier molecular flexibility index (Phi) is 6.41. The second kappa shape index (κ2) is 9.60. The fraction of sp³-hybridized carbons (Fsp3) is 0.115. The minimum Gasteiger partial charge on any atom is -0.507 e. The van der Waals surface area contributed by atoms with Crippen molar-refractivity contribution in [2.45, 2.75) is 13.0 Å². The first-order chi connectivity index (χ1) is 16.8. The molecule has 9 nitrogen and oxygen atoms in total. The van der Waals surface area contributed by atoms with Crippen LogP contribution in [0.15, 0.2) is 84.4 Å². The number of hydrogen-bond donors (Lipinski definition) is 1. The van der Waals surface area contributed by atoms with Gasteiger partial charge in [0.05, 0.1) is 28.7 Å². The second-order valence-electron chi connectivity index (χ2n) is 7.65. The van der Waals surface area contributed by atoms with Crippen LogP contribution in [0, 0.1) is 10.1 Å². The number of Topliss-reactive ketones (excluding diaryl/α,β-unsaturated/α-hetero) is 1. The van der Waals surface area contributed by atoms with Crippen molar-refractivity contribution < 1.29 is 29.2 Å². The van der Waals surface area contributed by atoms with E-state index in [9.17, 15) is 29.6 Å². The van der Waals surface area contributed by atoms with E-state index in [0.717, 1.165) is 0 Å². The Hall–Kier alpha value is -4.79. The minimum atomic E-state index is -1.05. The molecule has 0 aromatic heterocycles. The summed E-state index contributed by atoms with van der Waals surface area (Å²) in [5, 5.41) is 22.1. The number of benzene rings is 3. The first-order valence-corrected chi connectivity index (χ1v) is 10.7. The molecule has 1 atom stereocenters. The molecule has 9 heteroatoms. The van der Waals surface area contributed by atoms with Gasteiger partial charge in [-0.2, -0.15) is 0 Å². The number of non-ortho nitro benzene ring substituents is 1. The highest BCUT2D eigenvalue weighted by Crippen LogP contribution is 2.42. The summed E-state index contributed by atoms with van der Waals surface area (Å²) in [5.74, 6) is -2.67. The third-order valence-electron chi connectivity index (χ3n) is 5.57. The molecule has 1 saturated heterocycles. The van der Waals surface area contributed by atoms with Gasteiger partial charge in [-0.1, -0.05) is 30.3 Å². The number of ketones is 1. The molecule has 1 heterocycles. The maximum Gasteiger partial charge on any atom is 0.338 e. The molecular formula is C26H20N2O7. The number of nitro benzene ring substituents is 1. The van der Waals surface area contributed by atoms with Gasteiger partial charge in [0.2, 0.25) is 0 Å². The highest BCUT2D eigenvalue weighted by Gasteiger charge is 2.47. The lowest BCUT2D eigenvalue weighted by Crippen LogP contribution is -2.29. The average molecular weight is 472 g/mol. The molecule has 0 saturated carbocycles. The summed E-state index contributed by atoms with van der Waals surface area (Å²) in [4.78, 5) is 50.1. The minimum absolute atomic E-state index is 0.149. The molecule has 1 aliphatic heterocycles. The molecule has 0 aliphatic carbocycles. The summed E-state index contributed by atoms with van der Waals surface area (Å²) in [7, 11) is 0. The van der Waals surface area contributed by atoms with Gasteiger partial charge in [-0.3, -0.25) is 24.6 Å². The first-order valence-electron chi connectivity index (χ1n) is 10.7. The van der Waals surface area contributed by atoms with Crippen molar-refractivity contribution in [3.63, 3.8) is 0 Å². The number of carbonyl (C=O) groups is 3. The summed E-state index contributed by atoms with van der Waals surface area (Å²) in [6.45, 7) is 1.89. The number of rotatable bonds is 6. The van der Waals surface area contributed by atoms with E-state index in [1.165, 1.54) is 53.4 Å². The van der Waals surface area contributed by atoms with E-state index >= 15 is 0 Å². The van der Waals surface area contributed by atoms with Crippen LogP contribution in [0.3, 0.4) is 0 Å². The van der Waals surface area contributed by atoms with E-state index < -0.39 is 28.6 Å². The molecule has 0 bridgehead atoms. The van der Waals surface area contributed by atoms with Crippen molar-refractivity contribution in [1.82, 2.24) is 0 Å². The normalized spacial score (nSPS) is 16.8. The zero-order chi connectivity index (χ0) is 25.1. The van der Waals surface area contributed by atoms with E-state index in [-0.39, 0.29) is 29.2 Å². The highest BCUT2D eigenvalue weighted by molar-refractivity contribution is 6.51. The smallest absolute Gasteiger partial charge is 0.338 e. The topological polar surface area (TPSA) is 127 Å². The Bertz CT molecular complexity index is 1330. The van der Waals surface area contributed by atoms with Gasteiger partial charge in [-0.15, -0.1) is 0 Å². The van der Waals surface area contributed by atoms with Crippen molar-refractivity contribution >= 4 is 34.8 Å². The molecule has 1 unspecified atom stereocenters. The molecule has 0 radical (unpaired) electrons. The number of amides is 1. The summed E-state index contributed by atoms with van der Waals surface area (Å²) >= 11 is 0. The SMILES string of the molecule is CCOC(=O)c1ccc(N2C(=O)C(=O)/C(=C(/O)c3ccccc3)C2c2ccc([N+](=O)[O-])cc2)cc1. The van der Waals surface area contributed by atoms with Crippen LogP contribution in [0.25, 0.3) is 5.76 Å². The molecular weight excluding hydrogens is 452 g/mol. The standard InChI is InChI=1S/C26H20N2O7/c1-2-35-26(32)18-10-12-19(13-11-18)27-22(16-8-14-20(15-9-16)28(33)34)21(24(30)25(27)31)23(29)17-6-4-3-5-7-17/h3-15,22,29H,2H2,1H3/b23-21+. The van der Waals surface area contributed by atoms with Crippen molar-refractivity contribution in [2.24, 2.45) is 0 Å². The maximum absolute atomic E-state index is 13.2. The van der Waals surface area contributed by atoms with Crippen LogP contribution in [0.2, 0.25) is 0 Å². The van der Waals surface area contributed by atoms with Crippen LogP contribution in [0.4, 0.5) is 11.4 Å². The fourth-order valence-corrected chi connectivity index (χ4v) is 3.92. The van der Waals surface area contributed by atoms with Crippen LogP contribution in [-0.2, 0) is 14.3 Å². The maximum atomic E-state index is 13.2. The van der Waals surface area contributed by atoms with Crippen LogP contribution in [-0.4, -0.2) is 34.3 Å². The summed E-state index contributed by atoms with van der Waals surface area (Å²) in [5.41, 5.74) is 0.993. The number of anilines is 1. The number of nitrogens with zero attached hydrogens (tertiary/aromatic N) is 2. The van der Waals surface area contributed by atoms with E-state index in [2.05, 4.69) is 0 Å². The van der Waals surface area contributed by atoms with Gasteiger partial charge in [-0.05, 0) is 48.9 Å². The lowest BCUT2D eigenvalue weighted by atomic mass is 9.95. The number of aliphatic hydroxyl groups is 1. The van der Waals surface area contributed by atoms with E-state index in [1.54, 1.807) is 37.3 Å². The molecule has 3 aromatic rings. The number of aliphatic hydroxyl groups excluding tert-OH is 1. The van der Waals surface area contributed by atoms with Crippen LogP contribution >= 0.6 is 0 Å². The van der Waals surface area contributed by atoms with Gasteiger partial charge in [0.15, 0.2) is 0 Å². The summed E-state index contributed by atoms with van der Waals surface area (Å²) in [6.07, 6.45) is 0. The molecule has 4 rings (SSSR count). The predicted octanol–water partition coefficient (Wildman–Crippen LogP) is 4.40. The van der Waals surface area contributed by atoms with Crippen LogP contribution in [0.1, 0.15) is 34.5 Å². The average Bonchev–Trinajstić information content (AvgIpc) is 3.14. The van der Waals surface area contributed by atoms with Crippen molar-refractivity contribution in [2.75, 3.05) is 11.5 Å². The van der Waals surface area contributed by atoms with E-state index in [4.69, 9.17) is 4.74 Å². The third-order valence-corrected chi connectivity index (χ3v) is 5.57. The number of hydrogen-bond acceptors (Lipinski definition) is 7. The van der Waals surface area contributed by atoms with E-state index in [0.29, 0.717) is 16.8 Å². The molecule has 1 N–H and O–H groups in total. The number of ether oxygens (including phenoxy) is 1. The fourth-order valence-electron chi connectivity index (χ4n) is 3.92. The van der Waals surface area contributed by atoms with Crippen molar-refractivity contribution in [3.8, 4) is 0 Å². The lowest BCUT2D eigenvalue weighted by molar-refractivity contribution is -0.384. The number of nitro groups is 1. The molecule has 3 aromatic carbocycles. The molecule has 176 valence electrons. The Balaban J connectivity index is 1.86. The van der Waals surface area contributed by atoms with E-state index in [1.807, 2.05) is 0 Å². The van der Waals surface area contributed by atoms with Gasteiger partial charge >= 0.3 is 5.97 Å². The van der Waals surface area contributed by atoms with Gasteiger partial charge in [0.25, 0.3) is 17.4 Å². The predicted molar refractivity (Wildman–Crippen MR) is 127 cm³/mol. The quantitative estimate of drug-likeness (QED) is 0.141. The van der Waals surface area contributed by atoms with Crippen LogP contribution < -0.4 is 4.90 Å². The summed E-state index contributed by atoms with van der Waals surface area (Å²) in [6, 6.07) is 18.6. The monoisotopic (exact) mass is 472 g/mol. The van der Waals surface area contributed by atoms with Crippen LogP contribution in [0.5, 0.6) is 0 Å². The Labute approximate surface area is 200 Å². The summed E-state index contributed by atoms with van der Waals surface area (Å²) < 4.78 is 4.98. The van der Waals surface area contributed by atoms with Gasteiger partial charge in [0, 0.05) is 23.4 Å². The molecule has 1 fully saturated rings. The second-order valence-corrected chi connectivity index (χ2v) is 7.65. The Morgan fingerprint density at radius 2 is 1.60 bits per heavy atom. The zero-order valence-electron chi connectivity index (χ0n) is 18.6. The number of carbonyl (C=O) groups excluding carboxylic acids is 3. The molecule has 0 spiro atoms. The highest BCUT2D eigenvalue weighted by atomic mass is 16.6. The molecule has 1 aliphatic rings. The zero-order valence-corrected chi connectivity index (χ0v) is 18.6.